The van der Waals surface area contributed by atoms with Crippen LogP contribution in [0.15, 0.2) is 22.6 Å². The quantitative estimate of drug-likeness (QED) is 0.738. The summed E-state index contributed by atoms with van der Waals surface area (Å²) >= 11 is 0. The van der Waals surface area contributed by atoms with E-state index in [1.807, 2.05) is 6.92 Å². The summed E-state index contributed by atoms with van der Waals surface area (Å²) < 4.78 is 5.96. The van der Waals surface area contributed by atoms with Crippen LogP contribution in [0.4, 0.5) is 0 Å². The number of aromatic nitrogens is 1. The van der Waals surface area contributed by atoms with Crippen molar-refractivity contribution in [2.75, 3.05) is 0 Å². The number of oxazole rings is 1. The number of hydrogen-bond acceptors (Lipinski definition) is 2. The van der Waals surface area contributed by atoms with Crippen molar-refractivity contribution in [1.82, 2.24) is 4.98 Å². The highest BCUT2D eigenvalue weighted by molar-refractivity contribution is 5.65. The van der Waals surface area contributed by atoms with Gasteiger partial charge in [-0.25, -0.2) is 4.98 Å². The fraction of sp³-hybridized carbons (Fsp3) is 0.500. The highest BCUT2D eigenvalue weighted by Crippen LogP contribution is 2.39. The van der Waals surface area contributed by atoms with Crippen LogP contribution in [-0.4, -0.2) is 4.98 Å². The molecule has 0 radical (unpaired) electrons. The average Bonchev–Trinajstić information content (AvgIpc) is 2.81. The molecule has 0 spiro atoms. The summed E-state index contributed by atoms with van der Waals surface area (Å²) in [5, 5.41) is 0. The van der Waals surface area contributed by atoms with E-state index in [0.29, 0.717) is 5.92 Å². The number of rotatable bonds is 2. The van der Waals surface area contributed by atoms with Crippen LogP contribution in [0.3, 0.4) is 0 Å². The second kappa shape index (κ2) is 5.43. The molecule has 1 heterocycles. The third kappa shape index (κ3) is 2.52. The first-order valence-corrected chi connectivity index (χ1v) is 7.70. The molecule has 0 saturated heterocycles. The molecule has 0 amide bonds. The maximum atomic E-state index is 5.96. The van der Waals surface area contributed by atoms with Crippen LogP contribution in [0, 0.1) is 20.8 Å². The van der Waals surface area contributed by atoms with Gasteiger partial charge in [0.15, 0.2) is 11.7 Å². The zero-order valence-electron chi connectivity index (χ0n) is 12.7. The van der Waals surface area contributed by atoms with Crippen LogP contribution < -0.4 is 0 Å². The minimum Gasteiger partial charge on any atom is -0.441 e. The monoisotopic (exact) mass is 269 g/mol. The van der Waals surface area contributed by atoms with Crippen LogP contribution in [0.1, 0.15) is 60.7 Å². The highest BCUT2D eigenvalue weighted by Gasteiger charge is 2.24. The van der Waals surface area contributed by atoms with Gasteiger partial charge >= 0.3 is 0 Å². The van der Waals surface area contributed by atoms with Gasteiger partial charge in [-0.2, -0.15) is 0 Å². The molecule has 1 aromatic carbocycles. The second-order valence-electron chi connectivity index (χ2n) is 6.10. The zero-order chi connectivity index (χ0) is 14.1. The molecule has 1 aromatic heterocycles. The Hall–Kier alpha value is -1.57. The number of benzene rings is 1. The maximum absolute atomic E-state index is 5.96. The Morgan fingerprint density at radius 1 is 1.05 bits per heavy atom. The van der Waals surface area contributed by atoms with Gasteiger partial charge in [-0.15, -0.1) is 0 Å². The molecule has 1 saturated carbocycles. The lowest BCUT2D eigenvalue weighted by Crippen LogP contribution is -2.06. The molecule has 0 bridgehead atoms. The number of hydrogen-bond donors (Lipinski definition) is 0. The van der Waals surface area contributed by atoms with Gasteiger partial charge in [-0.3, -0.25) is 0 Å². The van der Waals surface area contributed by atoms with Gasteiger partial charge in [-0.1, -0.05) is 43.0 Å². The zero-order valence-corrected chi connectivity index (χ0v) is 12.7. The van der Waals surface area contributed by atoms with Gasteiger partial charge < -0.3 is 4.42 Å². The molecular weight excluding hydrogens is 246 g/mol. The summed E-state index contributed by atoms with van der Waals surface area (Å²) in [5.74, 6) is 2.38. The van der Waals surface area contributed by atoms with E-state index in [1.165, 1.54) is 54.5 Å². The van der Waals surface area contributed by atoms with E-state index in [-0.39, 0.29) is 0 Å². The van der Waals surface area contributed by atoms with Crippen LogP contribution in [-0.2, 0) is 0 Å². The molecule has 0 N–H and O–H groups in total. The predicted octanol–water partition coefficient (Wildman–Crippen LogP) is 5.31. The van der Waals surface area contributed by atoms with Crippen molar-refractivity contribution in [3.8, 4) is 11.3 Å². The van der Waals surface area contributed by atoms with Gasteiger partial charge in [0.05, 0.1) is 5.69 Å². The molecule has 0 unspecified atom stereocenters. The number of nitrogens with zero attached hydrogens (tertiary/aromatic N) is 1. The van der Waals surface area contributed by atoms with E-state index >= 15 is 0 Å². The summed E-state index contributed by atoms with van der Waals surface area (Å²) in [5.41, 5.74) is 4.96. The molecule has 3 rings (SSSR count). The van der Waals surface area contributed by atoms with E-state index in [1.54, 1.807) is 0 Å². The van der Waals surface area contributed by atoms with Gasteiger partial charge in [-0.05, 0) is 32.3 Å². The smallest absolute Gasteiger partial charge is 0.192 e. The SMILES string of the molecule is Cc1ccc(-c2oc(C)nc2C2CCCCC2)c(C)c1. The predicted molar refractivity (Wildman–Crippen MR) is 82.0 cm³/mol. The van der Waals surface area contributed by atoms with E-state index in [0.717, 1.165) is 11.7 Å². The summed E-state index contributed by atoms with van der Waals surface area (Å²) in [4.78, 5) is 4.71. The molecule has 1 fully saturated rings. The van der Waals surface area contributed by atoms with E-state index in [4.69, 9.17) is 9.40 Å². The van der Waals surface area contributed by atoms with Crippen molar-refractivity contribution in [2.24, 2.45) is 0 Å². The first kappa shape index (κ1) is 13.4. The normalized spacial score (nSPS) is 16.6. The first-order valence-electron chi connectivity index (χ1n) is 7.70. The Morgan fingerprint density at radius 2 is 1.80 bits per heavy atom. The Labute approximate surface area is 121 Å². The van der Waals surface area contributed by atoms with Crippen LogP contribution in [0.5, 0.6) is 0 Å². The summed E-state index contributed by atoms with van der Waals surface area (Å²) in [6.07, 6.45) is 6.52. The van der Waals surface area contributed by atoms with Gasteiger partial charge in [0.2, 0.25) is 0 Å². The van der Waals surface area contributed by atoms with E-state index in [2.05, 4.69) is 32.0 Å². The second-order valence-corrected chi connectivity index (χ2v) is 6.10. The standard InChI is InChI=1S/C18H23NO/c1-12-9-10-16(13(2)11-12)18-17(19-14(3)20-18)15-7-5-4-6-8-15/h9-11,15H,4-8H2,1-3H3. The molecule has 106 valence electrons. The van der Waals surface area contributed by atoms with Crippen LogP contribution in [0.25, 0.3) is 11.3 Å². The Bertz CT molecular complexity index is 606. The molecule has 0 atom stereocenters. The molecule has 1 aliphatic carbocycles. The third-order valence-corrected chi connectivity index (χ3v) is 4.38. The van der Waals surface area contributed by atoms with Gasteiger partial charge in [0, 0.05) is 18.4 Å². The Balaban J connectivity index is 2.04. The van der Waals surface area contributed by atoms with Crippen molar-refractivity contribution in [2.45, 2.75) is 58.8 Å². The first-order chi connectivity index (χ1) is 9.65. The highest BCUT2D eigenvalue weighted by atomic mass is 16.4. The molecule has 2 aromatic rings. The fourth-order valence-corrected chi connectivity index (χ4v) is 3.36. The largest absolute Gasteiger partial charge is 0.441 e. The van der Waals surface area contributed by atoms with Crippen molar-refractivity contribution < 1.29 is 4.42 Å². The van der Waals surface area contributed by atoms with Crippen LogP contribution in [0.2, 0.25) is 0 Å². The molecular formula is C18H23NO. The van der Waals surface area contributed by atoms with E-state index in [9.17, 15) is 0 Å². The fourth-order valence-electron chi connectivity index (χ4n) is 3.36. The van der Waals surface area contributed by atoms with Crippen molar-refractivity contribution in [1.29, 1.82) is 0 Å². The average molecular weight is 269 g/mol. The van der Waals surface area contributed by atoms with Crippen molar-refractivity contribution in [3.63, 3.8) is 0 Å². The molecule has 2 nitrogen and oxygen atoms in total. The lowest BCUT2D eigenvalue weighted by molar-refractivity contribution is 0.437. The molecule has 1 aliphatic rings. The van der Waals surface area contributed by atoms with Gasteiger partial charge in [0.1, 0.15) is 0 Å². The third-order valence-electron chi connectivity index (χ3n) is 4.38. The summed E-state index contributed by atoms with van der Waals surface area (Å²) in [6.45, 7) is 6.24. The van der Waals surface area contributed by atoms with Crippen LogP contribution >= 0.6 is 0 Å². The van der Waals surface area contributed by atoms with Crippen molar-refractivity contribution in [3.05, 3.63) is 40.9 Å². The number of aryl methyl sites for hydroxylation is 3. The minimum atomic E-state index is 0.580. The minimum absolute atomic E-state index is 0.580. The molecule has 20 heavy (non-hydrogen) atoms. The molecule has 2 heteroatoms. The maximum Gasteiger partial charge on any atom is 0.192 e. The topological polar surface area (TPSA) is 26.0 Å². The summed E-state index contributed by atoms with van der Waals surface area (Å²) in [7, 11) is 0. The van der Waals surface area contributed by atoms with Crippen molar-refractivity contribution >= 4 is 0 Å². The Morgan fingerprint density at radius 3 is 2.50 bits per heavy atom. The summed E-state index contributed by atoms with van der Waals surface area (Å²) in [6, 6.07) is 6.56. The lowest BCUT2D eigenvalue weighted by Gasteiger charge is -2.20. The Kier molecular flexibility index (Phi) is 3.64. The molecule has 0 aliphatic heterocycles. The lowest BCUT2D eigenvalue weighted by atomic mass is 9.85. The van der Waals surface area contributed by atoms with Gasteiger partial charge in [0.25, 0.3) is 0 Å². The van der Waals surface area contributed by atoms with E-state index < -0.39 is 0 Å².